The summed E-state index contributed by atoms with van der Waals surface area (Å²) in [6, 6.07) is 17.8. The quantitative estimate of drug-likeness (QED) is 0.0192. The second-order valence-electron chi connectivity index (χ2n) is 28.0. The Morgan fingerprint density at radius 3 is 1.80 bits per heavy atom. The van der Waals surface area contributed by atoms with Crippen molar-refractivity contribution in [2.75, 3.05) is 83.5 Å². The van der Waals surface area contributed by atoms with E-state index in [4.69, 9.17) is 5.73 Å². The fourth-order valence-corrected chi connectivity index (χ4v) is 15.0. The fourth-order valence-electron chi connectivity index (χ4n) is 14.5. The zero-order chi connectivity index (χ0) is 76.7. The van der Waals surface area contributed by atoms with Gasteiger partial charge in [0.15, 0.2) is 6.04 Å². The molecule has 31 heteroatoms. The number of carbonyl (C=O) groups is 10. The summed E-state index contributed by atoms with van der Waals surface area (Å²) in [6.07, 6.45) is 5.91. The molecule has 17 N–H and O–H groups in total. The van der Waals surface area contributed by atoms with E-state index in [1.165, 1.54) is 41.1 Å². The Kier molecular flexibility index (Phi) is 30.7. The lowest BCUT2D eigenvalue weighted by molar-refractivity contribution is -0.145. The van der Waals surface area contributed by atoms with Gasteiger partial charge in [0.1, 0.15) is 48.0 Å². The number of para-hydroxylation sites is 1. The van der Waals surface area contributed by atoms with Crippen molar-refractivity contribution in [3.63, 3.8) is 0 Å². The van der Waals surface area contributed by atoms with E-state index in [-0.39, 0.29) is 68.5 Å². The number of amides is 10. The number of fused-ring (bicyclic) bond motifs is 3. The summed E-state index contributed by atoms with van der Waals surface area (Å²) in [5.41, 5.74) is 12.3. The summed E-state index contributed by atoms with van der Waals surface area (Å²) in [5, 5.41) is 59.3. The number of rotatable bonds is 39. The van der Waals surface area contributed by atoms with Gasteiger partial charge in [0, 0.05) is 129 Å². The number of piperazine rings is 1. The summed E-state index contributed by atoms with van der Waals surface area (Å²) < 4.78 is 0. The van der Waals surface area contributed by atoms with Crippen molar-refractivity contribution in [3.8, 4) is 5.75 Å². The van der Waals surface area contributed by atoms with Crippen molar-refractivity contribution in [1.82, 2.24) is 77.8 Å². The lowest BCUT2D eigenvalue weighted by atomic mass is 9.72. The number of hydrogen-bond acceptors (Lipinski definition) is 18. The molecule has 2 saturated heterocycles. The Morgan fingerprint density at radius 1 is 0.598 bits per heavy atom. The molecule has 10 amide bonds. The van der Waals surface area contributed by atoms with Crippen LogP contribution in [0.15, 0.2) is 109 Å². The average molecular weight is 1510 g/mol. The van der Waals surface area contributed by atoms with Gasteiger partial charge in [-0.2, -0.15) is 25.3 Å². The van der Waals surface area contributed by atoms with Gasteiger partial charge in [0.05, 0.1) is 12.6 Å². The summed E-state index contributed by atoms with van der Waals surface area (Å²) >= 11 is 8.64. The van der Waals surface area contributed by atoms with Crippen LogP contribution in [-0.4, -0.2) is 243 Å². The van der Waals surface area contributed by atoms with Gasteiger partial charge in [-0.25, -0.2) is 9.59 Å². The van der Waals surface area contributed by atoms with Gasteiger partial charge in [0.25, 0.3) is 0 Å². The topological polar surface area (TPSA) is 419 Å². The van der Waals surface area contributed by atoms with Crippen LogP contribution in [0.1, 0.15) is 93.0 Å². The van der Waals surface area contributed by atoms with Gasteiger partial charge in [-0.1, -0.05) is 86.6 Å². The van der Waals surface area contributed by atoms with E-state index in [1.54, 1.807) is 43.5 Å². The van der Waals surface area contributed by atoms with Crippen LogP contribution < -0.4 is 58.9 Å². The maximum Gasteiger partial charge on any atom is 0.328 e. The number of carboxylic acid groups (broad SMARTS) is 1. The number of unbranched alkanes of at least 4 members (excludes halogenated alkanes) is 1. The maximum absolute atomic E-state index is 15.1. The molecule has 4 aromatic carbocycles. The Balaban J connectivity index is 0.816. The number of aliphatic hydroxyl groups is 1. The van der Waals surface area contributed by atoms with Crippen LogP contribution in [0.2, 0.25) is 0 Å². The SMILES string of the molecule is CCCN1C[C@H](CNC(=O)NCCN2CCN(CC(=O)N[C@H](Cc3ccccc3)C(=O)N[C@@H](CS)C(=O)N[C@@H](Cc3ccc(O)cc3)C(=O)N[C@H](Cc3c[nH]c4ccccc34)C(=O)N[C@@H](CCCCN)C(=O)N[C@@H](CC)C(=O)N[C@@H](CS)C(=O)N[C@H](C(=O)O)[C@@H](C)O)CC2)CC2c3cccc4[nH]cc(c34)CC21. The number of nitrogens with one attached hydrogen (secondary N) is 12. The van der Waals surface area contributed by atoms with Gasteiger partial charge in [-0.3, -0.25) is 53.1 Å². The first kappa shape index (κ1) is 81.8. The molecule has 29 nitrogen and oxygen atoms in total. The highest BCUT2D eigenvalue weighted by Gasteiger charge is 2.42. The van der Waals surface area contributed by atoms with E-state index in [0.29, 0.717) is 93.0 Å². The number of urea groups is 1. The molecule has 2 fully saturated rings. The van der Waals surface area contributed by atoms with Gasteiger partial charge < -0.3 is 84.2 Å². The smallest absolute Gasteiger partial charge is 0.328 e. The lowest BCUT2D eigenvalue weighted by Gasteiger charge is -2.47. The first-order valence-electron chi connectivity index (χ1n) is 37.0. The molecule has 12 atom stereocenters. The van der Waals surface area contributed by atoms with E-state index in [9.17, 15) is 58.5 Å². The molecule has 1 aliphatic carbocycles. The maximum atomic E-state index is 15.1. The normalized spacial score (nSPS) is 18.5. The number of benzene rings is 4. The van der Waals surface area contributed by atoms with Gasteiger partial charge in [-0.05, 0) is 123 Å². The standard InChI is InChI=1S/C76H104N16O13S2/c1-4-27-92-41-48(33-54-53-17-13-20-57-66(53)50(40-80-57)37-64(54)92)38-81-76(105)78-26-28-90-29-31-91(32-30-90)42-65(95)82-59(34-46-14-7-6-8-15-46)70(98)88-62(43-106)73(101)85-60(35-47-21-23-51(94)24-22-47)71(99)86-61(36-49-39-79-56-18-10-9-16-52(49)56)72(100)84-58(19-11-12-25-77)69(97)83-55(5-2)68(96)87-63(44-107)74(102)89-67(45(3)93)75(103)104/h6-10,13-18,20-24,39-40,45,48,54-55,58-64,67,79-80,93-94,106-107H,4-5,11-12,19,25-38,41-44,77H2,1-3H3,(H,82,95)(H,83,97)(H,84,100)(H,85,101)(H,86,99)(H,87,96)(H,88,98)(H,89,102)(H,103,104)(H2,78,81,105)/t45-,48+,54?,55+,58+,59-,60+,61-,62+,63+,64?,67+/m1/s1. The first-order chi connectivity index (χ1) is 51.6. The highest BCUT2D eigenvalue weighted by atomic mass is 32.1. The molecule has 2 aliphatic heterocycles. The Labute approximate surface area is 633 Å². The molecule has 2 aromatic heterocycles. The molecule has 0 spiro atoms. The molecule has 2 unspecified atom stereocenters. The summed E-state index contributed by atoms with van der Waals surface area (Å²) in [5.74, 6) is -7.72. The number of phenolic OH excluding ortho intramolecular Hbond substituents is 1. The Hall–Kier alpha value is -9.24. The number of aliphatic carboxylic acids is 1. The molecule has 4 heterocycles. The molecule has 578 valence electrons. The Bertz CT molecular complexity index is 4010. The van der Waals surface area contributed by atoms with E-state index < -0.39 is 108 Å². The summed E-state index contributed by atoms with van der Waals surface area (Å²) in [4.78, 5) is 153. The number of aliphatic hydroxyl groups excluding tert-OH is 1. The second kappa shape index (κ2) is 40.1. The minimum atomic E-state index is -1.70. The van der Waals surface area contributed by atoms with Crippen LogP contribution in [0.3, 0.4) is 0 Å². The highest BCUT2D eigenvalue weighted by molar-refractivity contribution is 7.80. The number of aromatic nitrogens is 2. The van der Waals surface area contributed by atoms with Crippen molar-refractivity contribution in [2.24, 2.45) is 11.7 Å². The minimum Gasteiger partial charge on any atom is -0.508 e. The number of aromatic hydroxyl groups is 1. The highest BCUT2D eigenvalue weighted by Crippen LogP contribution is 2.45. The van der Waals surface area contributed by atoms with Crippen LogP contribution in [-0.2, 0) is 68.8 Å². The molecule has 107 heavy (non-hydrogen) atoms. The summed E-state index contributed by atoms with van der Waals surface area (Å²) in [6.45, 7) is 11.1. The number of phenols is 1. The molecule has 3 aliphatic rings. The predicted octanol–water partition coefficient (Wildman–Crippen LogP) is 1.48. The number of carbonyl (C=O) groups excluding carboxylic acids is 9. The number of thiol groups is 2. The van der Waals surface area contributed by atoms with E-state index in [1.807, 2.05) is 41.3 Å². The van der Waals surface area contributed by atoms with Crippen molar-refractivity contribution in [1.29, 1.82) is 0 Å². The molecule has 9 rings (SSSR count). The lowest BCUT2D eigenvalue weighted by Crippen LogP contribution is -2.61. The first-order valence-corrected chi connectivity index (χ1v) is 38.2. The monoisotopic (exact) mass is 1510 g/mol. The van der Waals surface area contributed by atoms with E-state index >= 15 is 4.79 Å². The molecule has 6 aromatic rings. The summed E-state index contributed by atoms with van der Waals surface area (Å²) in [7, 11) is 0. The molecular formula is C76H104N16O13S2. The van der Waals surface area contributed by atoms with Gasteiger partial charge in [-0.15, -0.1) is 0 Å². The third kappa shape index (κ3) is 22.9. The van der Waals surface area contributed by atoms with Gasteiger partial charge >= 0.3 is 12.0 Å². The number of piperidine rings is 1. The largest absolute Gasteiger partial charge is 0.508 e. The van der Waals surface area contributed by atoms with Gasteiger partial charge in [0.2, 0.25) is 47.3 Å². The van der Waals surface area contributed by atoms with E-state index in [0.717, 1.165) is 43.4 Å². The van der Waals surface area contributed by atoms with Crippen LogP contribution in [0.4, 0.5) is 4.79 Å². The van der Waals surface area contributed by atoms with Crippen LogP contribution >= 0.6 is 25.3 Å². The van der Waals surface area contributed by atoms with Crippen LogP contribution in [0, 0.1) is 5.92 Å². The van der Waals surface area contributed by atoms with Crippen molar-refractivity contribution in [2.45, 2.75) is 151 Å². The number of likely N-dealkylation sites (tertiary alicyclic amines) is 1. The van der Waals surface area contributed by atoms with Crippen LogP contribution in [0.25, 0.3) is 21.8 Å². The number of carboxylic acids is 1. The molecular weight excluding hydrogens is 1410 g/mol. The van der Waals surface area contributed by atoms with Crippen molar-refractivity contribution < 1.29 is 63.3 Å². The number of H-pyrrole nitrogens is 2. The third-order valence-corrected chi connectivity index (χ3v) is 21.0. The third-order valence-electron chi connectivity index (χ3n) is 20.2. The number of nitrogens with zero attached hydrogens (tertiary/aromatic N) is 3. The fraction of sp³-hybridized carbons (Fsp3) is 0.500. The van der Waals surface area contributed by atoms with Crippen molar-refractivity contribution in [3.05, 3.63) is 137 Å². The predicted molar refractivity (Wildman–Crippen MR) is 412 cm³/mol. The average Bonchev–Trinajstić information content (AvgIpc) is 1.70. The molecule has 0 bridgehead atoms. The van der Waals surface area contributed by atoms with E-state index in [2.05, 4.69) is 130 Å². The number of hydrogen-bond donors (Lipinski definition) is 18. The Morgan fingerprint density at radius 2 is 1.16 bits per heavy atom. The second-order valence-corrected chi connectivity index (χ2v) is 28.8. The van der Waals surface area contributed by atoms with Crippen LogP contribution in [0.5, 0.6) is 5.75 Å². The zero-order valence-electron chi connectivity index (χ0n) is 60.8. The number of nitrogens with two attached hydrogens (primary N) is 1. The molecule has 0 saturated carbocycles. The minimum absolute atomic E-state index is 0.0112. The zero-order valence-corrected chi connectivity index (χ0v) is 62.6. The number of aromatic amines is 2. The van der Waals surface area contributed by atoms with Crippen molar-refractivity contribution >= 4 is 106 Å². The molecule has 0 radical (unpaired) electrons.